The van der Waals surface area contributed by atoms with E-state index < -0.39 is 0 Å². The van der Waals surface area contributed by atoms with Crippen LogP contribution in [0.3, 0.4) is 0 Å². The standard InChI is InChI=1S/C11H13BrN2O2S/c12-9-5-10(17-7-9)6-11(16)14-3-1-13(8-15)2-4-14/h5,7-8H,1-4,6H2. The van der Waals surface area contributed by atoms with E-state index in [9.17, 15) is 9.59 Å². The monoisotopic (exact) mass is 316 g/mol. The lowest BCUT2D eigenvalue weighted by atomic mass is 10.2. The number of rotatable bonds is 3. The van der Waals surface area contributed by atoms with E-state index in [1.165, 1.54) is 0 Å². The Bertz CT molecular complexity index is 413. The number of piperazine rings is 1. The van der Waals surface area contributed by atoms with Gasteiger partial charge in [-0.3, -0.25) is 9.59 Å². The summed E-state index contributed by atoms with van der Waals surface area (Å²) >= 11 is 4.96. The second kappa shape index (κ2) is 5.64. The van der Waals surface area contributed by atoms with Gasteiger partial charge in [0.15, 0.2) is 0 Å². The highest BCUT2D eigenvalue weighted by molar-refractivity contribution is 9.10. The second-order valence-electron chi connectivity index (χ2n) is 3.93. The van der Waals surface area contributed by atoms with Crippen LogP contribution in [0.25, 0.3) is 0 Å². The van der Waals surface area contributed by atoms with Crippen molar-refractivity contribution in [2.45, 2.75) is 6.42 Å². The number of carbonyl (C=O) groups is 2. The van der Waals surface area contributed by atoms with Crippen LogP contribution >= 0.6 is 27.3 Å². The molecule has 0 saturated carbocycles. The molecule has 0 N–H and O–H groups in total. The van der Waals surface area contributed by atoms with Gasteiger partial charge in [0.05, 0.1) is 6.42 Å². The fourth-order valence-corrected chi connectivity index (χ4v) is 3.23. The van der Waals surface area contributed by atoms with Crippen molar-refractivity contribution in [3.05, 3.63) is 20.8 Å². The van der Waals surface area contributed by atoms with Gasteiger partial charge in [0.25, 0.3) is 0 Å². The molecule has 0 atom stereocenters. The minimum absolute atomic E-state index is 0.143. The molecule has 1 aliphatic heterocycles. The fraction of sp³-hybridized carbons (Fsp3) is 0.455. The molecule has 0 bridgehead atoms. The van der Waals surface area contributed by atoms with E-state index in [-0.39, 0.29) is 5.91 Å². The first-order valence-corrected chi connectivity index (χ1v) is 7.06. The van der Waals surface area contributed by atoms with Crippen LogP contribution in [-0.4, -0.2) is 48.3 Å². The van der Waals surface area contributed by atoms with Crippen molar-refractivity contribution in [3.8, 4) is 0 Å². The number of nitrogens with zero attached hydrogens (tertiary/aromatic N) is 2. The first-order chi connectivity index (χ1) is 8.19. The summed E-state index contributed by atoms with van der Waals surface area (Å²) in [7, 11) is 0. The van der Waals surface area contributed by atoms with E-state index in [4.69, 9.17) is 0 Å². The highest BCUT2D eigenvalue weighted by Gasteiger charge is 2.20. The SMILES string of the molecule is O=CN1CCN(C(=O)Cc2cc(Br)cs2)CC1. The molecule has 0 aromatic carbocycles. The number of hydrogen-bond acceptors (Lipinski definition) is 3. The fourth-order valence-electron chi connectivity index (χ4n) is 1.78. The van der Waals surface area contributed by atoms with Crippen molar-refractivity contribution >= 4 is 39.6 Å². The number of hydrogen-bond donors (Lipinski definition) is 0. The van der Waals surface area contributed by atoms with E-state index >= 15 is 0 Å². The summed E-state index contributed by atoms with van der Waals surface area (Å²) in [5.74, 6) is 0.143. The molecule has 1 aliphatic rings. The molecule has 92 valence electrons. The molecule has 0 aliphatic carbocycles. The minimum atomic E-state index is 0.143. The van der Waals surface area contributed by atoms with Gasteiger partial charge in [0.1, 0.15) is 0 Å². The van der Waals surface area contributed by atoms with Crippen molar-refractivity contribution in [1.82, 2.24) is 9.80 Å². The smallest absolute Gasteiger partial charge is 0.227 e. The third kappa shape index (κ3) is 3.29. The number of halogens is 1. The molecule has 2 amide bonds. The topological polar surface area (TPSA) is 40.6 Å². The average Bonchev–Trinajstić information content (AvgIpc) is 2.75. The predicted molar refractivity (Wildman–Crippen MR) is 69.9 cm³/mol. The van der Waals surface area contributed by atoms with Crippen LogP contribution in [0.5, 0.6) is 0 Å². The van der Waals surface area contributed by atoms with Gasteiger partial charge in [-0.05, 0) is 22.0 Å². The lowest BCUT2D eigenvalue weighted by Crippen LogP contribution is -2.48. The minimum Gasteiger partial charge on any atom is -0.342 e. The first kappa shape index (κ1) is 12.6. The van der Waals surface area contributed by atoms with E-state index in [0.717, 1.165) is 15.8 Å². The van der Waals surface area contributed by atoms with Gasteiger partial charge in [0, 0.05) is 40.9 Å². The van der Waals surface area contributed by atoms with Gasteiger partial charge in [-0.1, -0.05) is 0 Å². The van der Waals surface area contributed by atoms with E-state index in [1.807, 2.05) is 16.3 Å². The van der Waals surface area contributed by atoms with Crippen LogP contribution in [0, 0.1) is 0 Å². The number of thiophene rings is 1. The van der Waals surface area contributed by atoms with E-state index in [2.05, 4.69) is 15.9 Å². The van der Waals surface area contributed by atoms with Crippen molar-refractivity contribution in [2.24, 2.45) is 0 Å². The van der Waals surface area contributed by atoms with Gasteiger partial charge in [-0.15, -0.1) is 11.3 Å². The molecule has 0 radical (unpaired) electrons. The maximum Gasteiger partial charge on any atom is 0.227 e. The second-order valence-corrected chi connectivity index (χ2v) is 5.84. The van der Waals surface area contributed by atoms with Crippen LogP contribution in [0.15, 0.2) is 15.9 Å². The summed E-state index contributed by atoms with van der Waals surface area (Å²) in [5.41, 5.74) is 0. The quantitative estimate of drug-likeness (QED) is 0.790. The Labute approximate surface area is 112 Å². The third-order valence-electron chi connectivity index (χ3n) is 2.76. The summed E-state index contributed by atoms with van der Waals surface area (Å²) < 4.78 is 1.02. The summed E-state index contributed by atoms with van der Waals surface area (Å²) in [6.45, 7) is 2.57. The van der Waals surface area contributed by atoms with Gasteiger partial charge < -0.3 is 9.80 Å². The molecule has 17 heavy (non-hydrogen) atoms. The summed E-state index contributed by atoms with van der Waals surface area (Å²) in [5, 5.41) is 1.98. The van der Waals surface area contributed by atoms with Gasteiger partial charge >= 0.3 is 0 Å². The Morgan fingerprint density at radius 2 is 2.12 bits per heavy atom. The zero-order chi connectivity index (χ0) is 12.3. The summed E-state index contributed by atoms with van der Waals surface area (Å²) in [6, 6.07) is 1.98. The zero-order valence-electron chi connectivity index (χ0n) is 9.26. The molecular formula is C11H13BrN2O2S. The van der Waals surface area contributed by atoms with E-state index in [0.29, 0.717) is 32.6 Å². The molecule has 1 fully saturated rings. The van der Waals surface area contributed by atoms with Crippen LogP contribution < -0.4 is 0 Å². The van der Waals surface area contributed by atoms with Crippen molar-refractivity contribution < 1.29 is 9.59 Å². The van der Waals surface area contributed by atoms with Crippen molar-refractivity contribution in [3.63, 3.8) is 0 Å². The third-order valence-corrected chi connectivity index (χ3v) is 4.46. The van der Waals surface area contributed by atoms with E-state index in [1.54, 1.807) is 16.2 Å². The molecule has 6 heteroatoms. The van der Waals surface area contributed by atoms with Crippen molar-refractivity contribution in [2.75, 3.05) is 26.2 Å². The molecule has 2 heterocycles. The Morgan fingerprint density at radius 3 is 2.65 bits per heavy atom. The maximum absolute atomic E-state index is 12.0. The zero-order valence-corrected chi connectivity index (χ0v) is 11.7. The predicted octanol–water partition coefficient (Wildman–Crippen LogP) is 1.35. The molecular weight excluding hydrogens is 304 g/mol. The van der Waals surface area contributed by atoms with Crippen molar-refractivity contribution in [1.29, 1.82) is 0 Å². The lowest BCUT2D eigenvalue weighted by molar-refractivity contribution is -0.134. The van der Waals surface area contributed by atoms with Crippen LogP contribution in [-0.2, 0) is 16.0 Å². The largest absolute Gasteiger partial charge is 0.342 e. The Balaban J connectivity index is 1.87. The molecule has 1 aromatic heterocycles. The maximum atomic E-state index is 12.0. The molecule has 0 spiro atoms. The summed E-state index contributed by atoms with van der Waals surface area (Å²) in [4.78, 5) is 27.1. The number of carbonyl (C=O) groups excluding carboxylic acids is 2. The molecule has 1 saturated heterocycles. The normalized spacial score (nSPS) is 16.1. The Kier molecular flexibility index (Phi) is 4.17. The number of amides is 2. The van der Waals surface area contributed by atoms with Crippen LogP contribution in [0.1, 0.15) is 4.88 Å². The molecule has 4 nitrogen and oxygen atoms in total. The van der Waals surface area contributed by atoms with Crippen LogP contribution in [0.4, 0.5) is 0 Å². The first-order valence-electron chi connectivity index (χ1n) is 5.39. The molecule has 0 unspecified atom stereocenters. The Hall–Kier alpha value is -0.880. The highest BCUT2D eigenvalue weighted by Crippen LogP contribution is 2.20. The lowest BCUT2D eigenvalue weighted by Gasteiger charge is -2.32. The van der Waals surface area contributed by atoms with Gasteiger partial charge in [-0.2, -0.15) is 0 Å². The molecule has 2 rings (SSSR count). The van der Waals surface area contributed by atoms with Gasteiger partial charge in [-0.25, -0.2) is 0 Å². The average molecular weight is 317 g/mol. The van der Waals surface area contributed by atoms with Crippen LogP contribution in [0.2, 0.25) is 0 Å². The van der Waals surface area contributed by atoms with Gasteiger partial charge in [0.2, 0.25) is 12.3 Å². The highest BCUT2D eigenvalue weighted by atomic mass is 79.9. The molecule has 1 aromatic rings. The summed E-state index contributed by atoms with van der Waals surface area (Å²) in [6.07, 6.45) is 1.30. The Morgan fingerprint density at radius 1 is 1.41 bits per heavy atom.